The van der Waals surface area contributed by atoms with Gasteiger partial charge in [0.1, 0.15) is 4.21 Å². The second-order valence-corrected chi connectivity index (χ2v) is 8.39. The van der Waals surface area contributed by atoms with Crippen molar-refractivity contribution in [1.82, 2.24) is 0 Å². The van der Waals surface area contributed by atoms with Gasteiger partial charge in [0.15, 0.2) is 0 Å². The average molecular weight is 329 g/mol. The van der Waals surface area contributed by atoms with Crippen molar-refractivity contribution in [1.29, 1.82) is 0 Å². The number of para-hydroxylation sites is 1. The molecule has 1 atom stereocenters. The molecule has 2 aromatic rings. The lowest BCUT2D eigenvalue weighted by Gasteiger charge is -2.33. The van der Waals surface area contributed by atoms with Crippen LogP contribution in [-0.4, -0.2) is 15.0 Å². The highest BCUT2D eigenvalue weighted by molar-refractivity contribution is 7.94. The molecule has 0 saturated carbocycles. The van der Waals surface area contributed by atoms with E-state index in [1.54, 1.807) is 18.2 Å². The zero-order valence-electron chi connectivity index (χ0n) is 10.5. The molecule has 1 aromatic heterocycles. The molecule has 0 radical (unpaired) electrons. The number of rotatable bonds is 2. The maximum absolute atomic E-state index is 12.7. The van der Waals surface area contributed by atoms with Crippen molar-refractivity contribution in [2.24, 2.45) is 5.73 Å². The molecule has 1 aromatic carbocycles. The third-order valence-corrected chi connectivity index (χ3v) is 6.85. The van der Waals surface area contributed by atoms with Gasteiger partial charge < -0.3 is 5.73 Å². The topological polar surface area (TPSA) is 63.4 Å². The van der Waals surface area contributed by atoms with Crippen LogP contribution in [0.3, 0.4) is 0 Å². The first kappa shape index (κ1) is 13.9. The summed E-state index contributed by atoms with van der Waals surface area (Å²) in [6.07, 6.45) is 0.606. The number of nitrogens with two attached hydrogens (primary N) is 1. The van der Waals surface area contributed by atoms with Gasteiger partial charge in [-0.15, -0.1) is 11.3 Å². The summed E-state index contributed by atoms with van der Waals surface area (Å²) in [5.74, 6) is 0. The fraction of sp³-hybridized carbons (Fsp3) is 0.231. The van der Waals surface area contributed by atoms with Crippen LogP contribution >= 0.6 is 22.9 Å². The number of thiophene rings is 1. The molecule has 0 saturated heterocycles. The van der Waals surface area contributed by atoms with Crippen molar-refractivity contribution in [3.05, 3.63) is 46.3 Å². The molecule has 2 heterocycles. The molecule has 1 aliphatic heterocycles. The van der Waals surface area contributed by atoms with Crippen molar-refractivity contribution >= 4 is 38.6 Å². The molecule has 20 heavy (non-hydrogen) atoms. The predicted octanol–water partition coefficient (Wildman–Crippen LogP) is 3.00. The highest BCUT2D eigenvalue weighted by Gasteiger charge is 2.32. The lowest BCUT2D eigenvalue weighted by atomic mass is 9.99. The summed E-state index contributed by atoms with van der Waals surface area (Å²) in [7, 11) is -3.57. The number of benzene rings is 1. The van der Waals surface area contributed by atoms with E-state index in [4.69, 9.17) is 17.3 Å². The van der Waals surface area contributed by atoms with E-state index in [-0.39, 0.29) is 10.3 Å². The second-order valence-electron chi connectivity index (χ2n) is 4.59. The average Bonchev–Trinajstić information content (AvgIpc) is 2.87. The van der Waals surface area contributed by atoms with Crippen molar-refractivity contribution in [3.63, 3.8) is 0 Å². The highest BCUT2D eigenvalue weighted by atomic mass is 35.5. The van der Waals surface area contributed by atoms with Crippen LogP contribution in [0.25, 0.3) is 0 Å². The normalized spacial score (nSPS) is 18.9. The Labute approximate surface area is 126 Å². The minimum Gasteiger partial charge on any atom is -0.324 e. The molecular weight excluding hydrogens is 316 g/mol. The number of hydrogen-bond acceptors (Lipinski definition) is 4. The summed E-state index contributed by atoms with van der Waals surface area (Å²) in [6.45, 7) is 0.385. The Hall–Kier alpha value is -1.08. The summed E-state index contributed by atoms with van der Waals surface area (Å²) in [4.78, 5) is 0. The molecule has 0 amide bonds. The van der Waals surface area contributed by atoms with E-state index in [0.717, 1.165) is 16.9 Å². The smallest absolute Gasteiger partial charge is 0.273 e. The molecule has 0 spiro atoms. The van der Waals surface area contributed by atoms with Gasteiger partial charge in [-0.2, -0.15) is 0 Å². The van der Waals surface area contributed by atoms with Crippen LogP contribution in [-0.2, 0) is 10.0 Å². The number of sulfonamides is 1. The van der Waals surface area contributed by atoms with E-state index >= 15 is 0 Å². The third-order valence-electron chi connectivity index (χ3n) is 3.34. The van der Waals surface area contributed by atoms with E-state index in [9.17, 15) is 8.42 Å². The first-order valence-corrected chi connectivity index (χ1v) is 8.76. The molecule has 4 nitrogen and oxygen atoms in total. The molecule has 0 aliphatic carbocycles. The zero-order valence-corrected chi connectivity index (χ0v) is 12.9. The van der Waals surface area contributed by atoms with Gasteiger partial charge >= 0.3 is 0 Å². The third kappa shape index (κ3) is 2.22. The van der Waals surface area contributed by atoms with Gasteiger partial charge in [0.25, 0.3) is 10.0 Å². The van der Waals surface area contributed by atoms with E-state index in [1.165, 1.54) is 4.31 Å². The van der Waals surface area contributed by atoms with Crippen LogP contribution < -0.4 is 10.0 Å². The lowest BCUT2D eigenvalue weighted by Crippen LogP contribution is -2.37. The second kappa shape index (κ2) is 5.04. The number of nitrogens with zero attached hydrogens (tertiary/aromatic N) is 1. The Kier molecular flexibility index (Phi) is 3.50. The van der Waals surface area contributed by atoms with Gasteiger partial charge in [-0.3, -0.25) is 4.31 Å². The fourth-order valence-corrected chi connectivity index (χ4v) is 5.46. The number of halogens is 1. The van der Waals surface area contributed by atoms with E-state index in [2.05, 4.69) is 0 Å². The van der Waals surface area contributed by atoms with Crippen LogP contribution in [0.4, 0.5) is 5.69 Å². The monoisotopic (exact) mass is 328 g/mol. The summed E-state index contributed by atoms with van der Waals surface area (Å²) in [6, 6.07) is 10.4. The Bertz CT molecular complexity index is 742. The minimum atomic E-state index is -3.57. The Balaban J connectivity index is 2.10. The first-order valence-electron chi connectivity index (χ1n) is 6.13. The molecule has 1 unspecified atom stereocenters. The van der Waals surface area contributed by atoms with E-state index < -0.39 is 10.0 Å². The van der Waals surface area contributed by atoms with Gasteiger partial charge in [0.2, 0.25) is 0 Å². The Morgan fingerprint density at radius 2 is 2.00 bits per heavy atom. The molecule has 106 valence electrons. The van der Waals surface area contributed by atoms with Crippen molar-refractivity contribution < 1.29 is 8.42 Å². The summed E-state index contributed by atoms with van der Waals surface area (Å²) in [5.41, 5.74) is 7.58. The summed E-state index contributed by atoms with van der Waals surface area (Å²) >= 11 is 6.91. The van der Waals surface area contributed by atoms with Gasteiger partial charge in [0.05, 0.1) is 10.0 Å². The zero-order chi connectivity index (χ0) is 14.3. The molecule has 2 N–H and O–H groups in total. The van der Waals surface area contributed by atoms with Crippen LogP contribution in [0.2, 0.25) is 4.34 Å². The maximum atomic E-state index is 12.7. The number of hydrogen-bond donors (Lipinski definition) is 1. The molecule has 7 heteroatoms. The molecular formula is C13H13ClN2O2S2. The maximum Gasteiger partial charge on any atom is 0.273 e. The van der Waals surface area contributed by atoms with Gasteiger partial charge in [-0.05, 0) is 30.2 Å². The van der Waals surface area contributed by atoms with Crippen molar-refractivity contribution in [2.75, 3.05) is 10.8 Å². The Morgan fingerprint density at radius 3 is 2.70 bits per heavy atom. The first-order chi connectivity index (χ1) is 9.50. The van der Waals surface area contributed by atoms with Gasteiger partial charge in [-0.1, -0.05) is 29.8 Å². The Morgan fingerprint density at radius 1 is 1.25 bits per heavy atom. The number of anilines is 1. The van der Waals surface area contributed by atoms with Gasteiger partial charge in [-0.25, -0.2) is 8.42 Å². The SMILES string of the molecule is NC1CCN(S(=O)(=O)c2ccc(Cl)s2)c2ccccc21. The number of fused-ring (bicyclic) bond motifs is 1. The molecule has 3 rings (SSSR count). The molecule has 0 bridgehead atoms. The van der Waals surface area contributed by atoms with Crippen LogP contribution in [0.1, 0.15) is 18.0 Å². The molecule has 0 fully saturated rings. The summed E-state index contributed by atoms with van der Waals surface area (Å²) in [5, 5.41) is 0. The van der Waals surface area contributed by atoms with Crippen molar-refractivity contribution in [3.8, 4) is 0 Å². The predicted molar refractivity (Wildman–Crippen MR) is 81.8 cm³/mol. The van der Waals surface area contributed by atoms with E-state index in [1.807, 2.05) is 18.2 Å². The van der Waals surface area contributed by atoms with Crippen LogP contribution in [0, 0.1) is 0 Å². The molecule has 1 aliphatic rings. The lowest BCUT2D eigenvalue weighted by molar-refractivity contribution is 0.576. The van der Waals surface area contributed by atoms with Gasteiger partial charge in [0, 0.05) is 12.6 Å². The standard InChI is InChI=1S/C13H13ClN2O2S2/c14-12-5-6-13(19-12)20(17,18)16-8-7-10(15)9-3-1-2-4-11(9)16/h1-6,10H,7-8,15H2. The minimum absolute atomic E-state index is 0.121. The summed E-state index contributed by atoms with van der Waals surface area (Å²) < 4.78 is 27.6. The highest BCUT2D eigenvalue weighted by Crippen LogP contribution is 2.37. The van der Waals surface area contributed by atoms with Crippen LogP contribution in [0.15, 0.2) is 40.6 Å². The largest absolute Gasteiger partial charge is 0.324 e. The van der Waals surface area contributed by atoms with E-state index in [0.29, 0.717) is 23.0 Å². The van der Waals surface area contributed by atoms with Crippen LogP contribution in [0.5, 0.6) is 0 Å². The fourth-order valence-electron chi connectivity index (χ4n) is 2.36. The quantitative estimate of drug-likeness (QED) is 0.921. The van der Waals surface area contributed by atoms with Crippen molar-refractivity contribution in [2.45, 2.75) is 16.7 Å².